The van der Waals surface area contributed by atoms with Gasteiger partial charge in [0.1, 0.15) is 0 Å². The Balaban J connectivity index is 0.000001000. The molecule has 0 aromatic heterocycles. The van der Waals surface area contributed by atoms with Gasteiger partial charge in [-0.3, -0.25) is 0 Å². The summed E-state index contributed by atoms with van der Waals surface area (Å²) in [6.45, 7) is 8.62. The molecule has 0 heterocycles. The molecule has 0 spiro atoms. The molecule has 1 unspecified atom stereocenters. The summed E-state index contributed by atoms with van der Waals surface area (Å²) >= 11 is 0. The number of aliphatic hydroxyl groups excluding tert-OH is 1. The Morgan fingerprint density at radius 1 is 1.27 bits per heavy atom. The van der Waals surface area contributed by atoms with Crippen molar-refractivity contribution >= 4 is 0 Å². The summed E-state index contributed by atoms with van der Waals surface area (Å²) in [5.41, 5.74) is 0.236. The normalized spacial score (nSPS) is 33.0. The van der Waals surface area contributed by atoms with Crippen LogP contribution in [-0.4, -0.2) is 11.2 Å². The fraction of sp³-hybridized carbons (Fsp3) is 0.889. The average molecular weight is 192 g/mol. The van der Waals surface area contributed by atoms with Crippen molar-refractivity contribution in [1.29, 1.82) is 0 Å². The van der Waals surface area contributed by atoms with Crippen LogP contribution in [0.1, 0.15) is 34.1 Å². The molecule has 1 saturated carbocycles. The van der Waals surface area contributed by atoms with Crippen LogP contribution in [-0.2, 0) is 18.6 Å². The molecular weight excluding hydrogens is 175 g/mol. The van der Waals surface area contributed by atoms with E-state index in [0.29, 0.717) is 0 Å². The van der Waals surface area contributed by atoms with Gasteiger partial charge in [-0.2, -0.15) is 11.8 Å². The fourth-order valence-corrected chi connectivity index (χ4v) is 1.39. The third kappa shape index (κ3) is 1.66. The van der Waals surface area contributed by atoms with E-state index in [1.165, 1.54) is 0 Å². The molecule has 0 saturated heterocycles. The quantitative estimate of drug-likeness (QED) is 0.582. The maximum Gasteiger partial charge on any atom is 0.0303 e. The van der Waals surface area contributed by atoms with Crippen molar-refractivity contribution in [2.45, 2.75) is 40.2 Å². The third-order valence-corrected chi connectivity index (χ3v) is 3.35. The molecule has 1 N–H and O–H groups in total. The minimum absolute atomic E-state index is 0. The zero-order chi connectivity index (χ0) is 7.99. The molecule has 65 valence electrons. The van der Waals surface area contributed by atoms with Gasteiger partial charge >= 0.3 is 0 Å². The fourth-order valence-electron chi connectivity index (χ4n) is 1.39. The summed E-state index contributed by atoms with van der Waals surface area (Å²) in [6.07, 6.45) is 2.92. The maximum absolute atomic E-state index is 9.56. The maximum atomic E-state index is 9.56. The van der Waals surface area contributed by atoms with Gasteiger partial charge in [0.15, 0.2) is 0 Å². The molecule has 1 aliphatic rings. The Bertz CT molecular complexity index is 140. The van der Waals surface area contributed by atoms with Gasteiger partial charge < -0.3 is 11.5 Å². The molecular formula is C9H17OV-. The summed E-state index contributed by atoms with van der Waals surface area (Å²) in [4.78, 5) is 0. The molecule has 1 aliphatic carbocycles. The van der Waals surface area contributed by atoms with Gasteiger partial charge in [0.25, 0.3) is 0 Å². The van der Waals surface area contributed by atoms with Crippen molar-refractivity contribution < 1.29 is 23.7 Å². The van der Waals surface area contributed by atoms with Crippen LogP contribution in [0.2, 0.25) is 0 Å². The van der Waals surface area contributed by atoms with Gasteiger partial charge in [0.05, 0.1) is 0 Å². The van der Waals surface area contributed by atoms with Crippen molar-refractivity contribution in [2.24, 2.45) is 10.8 Å². The predicted octanol–water partition coefficient (Wildman–Crippen LogP) is 2.01. The van der Waals surface area contributed by atoms with Crippen LogP contribution in [0.25, 0.3) is 0 Å². The Hall–Kier alpha value is 0.544. The molecule has 0 aliphatic heterocycles. The van der Waals surface area contributed by atoms with E-state index in [1.807, 2.05) is 0 Å². The number of hydrogen-bond donors (Lipinski definition) is 1. The van der Waals surface area contributed by atoms with Crippen LogP contribution in [0.5, 0.6) is 0 Å². The zero-order valence-corrected chi connectivity index (χ0v) is 9.15. The first-order valence-electron chi connectivity index (χ1n) is 3.90. The minimum Gasteiger partial charge on any atom is -0.395 e. The average Bonchev–Trinajstić information content (AvgIpc) is 1.94. The standard InChI is InChI=1S/C9H17O.V/c1-8(2)6-5-7(10)9(8,3)4;/h6-7,10H,5H2,1-4H3;/q-1;. The second kappa shape index (κ2) is 3.12. The molecule has 0 aromatic carbocycles. The molecule has 0 amide bonds. The first-order chi connectivity index (χ1) is 4.38. The second-order valence-corrected chi connectivity index (χ2v) is 4.40. The van der Waals surface area contributed by atoms with Crippen molar-refractivity contribution in [2.75, 3.05) is 0 Å². The van der Waals surface area contributed by atoms with Crippen molar-refractivity contribution in [3.63, 3.8) is 0 Å². The van der Waals surface area contributed by atoms with Crippen LogP contribution >= 0.6 is 0 Å². The molecule has 1 fully saturated rings. The number of hydrogen-bond acceptors (Lipinski definition) is 1. The molecule has 0 aromatic rings. The molecule has 1 nitrogen and oxygen atoms in total. The molecule has 11 heavy (non-hydrogen) atoms. The molecule has 0 bridgehead atoms. The van der Waals surface area contributed by atoms with Gasteiger partial charge in [0.2, 0.25) is 0 Å². The predicted molar refractivity (Wildman–Crippen MR) is 42.5 cm³/mol. The molecule has 1 rings (SSSR count). The van der Waals surface area contributed by atoms with Gasteiger partial charge in [-0.05, 0) is 5.41 Å². The summed E-state index contributed by atoms with van der Waals surface area (Å²) < 4.78 is 0. The SMILES string of the molecule is CC1(C)[CH-]CC(O)C1(C)C.[V]. The van der Waals surface area contributed by atoms with E-state index in [9.17, 15) is 5.11 Å². The minimum atomic E-state index is -0.150. The first kappa shape index (κ1) is 11.5. The second-order valence-electron chi connectivity index (χ2n) is 4.40. The van der Waals surface area contributed by atoms with E-state index >= 15 is 0 Å². The first-order valence-corrected chi connectivity index (χ1v) is 3.90. The van der Waals surface area contributed by atoms with Crippen LogP contribution in [0.4, 0.5) is 0 Å². The van der Waals surface area contributed by atoms with E-state index in [0.717, 1.165) is 6.42 Å². The summed E-state index contributed by atoms with van der Waals surface area (Å²) in [6, 6.07) is 0. The van der Waals surface area contributed by atoms with Crippen molar-refractivity contribution in [3.05, 3.63) is 6.42 Å². The van der Waals surface area contributed by atoms with Gasteiger partial charge in [-0.25, -0.2) is 0 Å². The van der Waals surface area contributed by atoms with Crippen LogP contribution in [0.3, 0.4) is 0 Å². The Morgan fingerprint density at radius 3 is 1.82 bits per heavy atom. The summed E-state index contributed by atoms with van der Waals surface area (Å²) in [5.74, 6) is 0. The third-order valence-electron chi connectivity index (χ3n) is 3.35. The Labute approximate surface area is 81.5 Å². The van der Waals surface area contributed by atoms with E-state index in [1.54, 1.807) is 0 Å². The van der Waals surface area contributed by atoms with E-state index in [2.05, 4.69) is 34.1 Å². The Morgan fingerprint density at radius 2 is 1.73 bits per heavy atom. The van der Waals surface area contributed by atoms with Crippen LogP contribution in [0.15, 0.2) is 0 Å². The summed E-state index contributed by atoms with van der Waals surface area (Å²) in [7, 11) is 0. The van der Waals surface area contributed by atoms with E-state index < -0.39 is 0 Å². The van der Waals surface area contributed by atoms with Crippen LogP contribution < -0.4 is 0 Å². The van der Waals surface area contributed by atoms with E-state index in [-0.39, 0.29) is 35.5 Å². The van der Waals surface area contributed by atoms with Gasteiger partial charge in [-0.15, -0.1) is 0 Å². The monoisotopic (exact) mass is 192 g/mol. The molecule has 2 heteroatoms. The smallest absolute Gasteiger partial charge is 0.0303 e. The molecule has 1 radical (unpaired) electrons. The molecule has 1 atom stereocenters. The van der Waals surface area contributed by atoms with Crippen molar-refractivity contribution in [3.8, 4) is 0 Å². The Kier molecular flexibility index (Phi) is 3.28. The van der Waals surface area contributed by atoms with Crippen LogP contribution in [0, 0.1) is 17.3 Å². The zero-order valence-electron chi connectivity index (χ0n) is 7.76. The van der Waals surface area contributed by atoms with Gasteiger partial charge in [0, 0.05) is 24.7 Å². The largest absolute Gasteiger partial charge is 0.395 e. The topological polar surface area (TPSA) is 20.2 Å². The summed E-state index contributed by atoms with van der Waals surface area (Å²) in [5, 5.41) is 9.56. The van der Waals surface area contributed by atoms with Gasteiger partial charge in [-0.1, -0.05) is 27.7 Å². The number of aliphatic hydroxyl groups is 1. The van der Waals surface area contributed by atoms with E-state index in [4.69, 9.17) is 0 Å². The van der Waals surface area contributed by atoms with Crippen molar-refractivity contribution in [1.82, 2.24) is 0 Å². The number of rotatable bonds is 0.